The Balaban J connectivity index is 1.79. The fourth-order valence-electron chi connectivity index (χ4n) is 3.19. The molecule has 5 nitrogen and oxygen atoms in total. The summed E-state index contributed by atoms with van der Waals surface area (Å²) in [5.41, 5.74) is 4.10. The van der Waals surface area contributed by atoms with Crippen molar-refractivity contribution < 1.29 is 13.2 Å². The molecule has 0 aromatic heterocycles. The quantitative estimate of drug-likeness (QED) is 0.896. The molecule has 1 aliphatic heterocycles. The molecule has 0 spiro atoms. The van der Waals surface area contributed by atoms with Crippen molar-refractivity contribution in [2.24, 2.45) is 0 Å². The lowest BCUT2D eigenvalue weighted by Gasteiger charge is -2.29. The van der Waals surface area contributed by atoms with Crippen LogP contribution in [0.1, 0.15) is 39.9 Å². The van der Waals surface area contributed by atoms with Crippen molar-refractivity contribution in [2.45, 2.75) is 33.2 Å². The molecule has 0 bridgehead atoms. The summed E-state index contributed by atoms with van der Waals surface area (Å²) in [6.45, 7) is 4.79. The molecule has 1 heterocycles. The molecular weight excluding hydrogens is 348 g/mol. The van der Waals surface area contributed by atoms with Crippen molar-refractivity contribution in [3.05, 3.63) is 64.7 Å². The molecule has 1 N–H and O–H groups in total. The number of aryl methyl sites for hydroxylation is 2. The van der Waals surface area contributed by atoms with Gasteiger partial charge < -0.3 is 5.32 Å². The molecule has 2 aromatic carbocycles. The molecule has 1 aliphatic rings. The van der Waals surface area contributed by atoms with Crippen LogP contribution in [-0.2, 0) is 16.6 Å². The van der Waals surface area contributed by atoms with Gasteiger partial charge in [0.05, 0.1) is 11.4 Å². The summed E-state index contributed by atoms with van der Waals surface area (Å²) in [5, 5.41) is 2.91. The zero-order valence-electron chi connectivity index (χ0n) is 15.2. The second-order valence-electron chi connectivity index (χ2n) is 6.77. The minimum atomic E-state index is -3.30. The van der Waals surface area contributed by atoms with Crippen LogP contribution in [0.3, 0.4) is 0 Å². The van der Waals surface area contributed by atoms with E-state index in [4.69, 9.17) is 0 Å². The number of carbonyl (C=O) groups is 1. The van der Waals surface area contributed by atoms with Gasteiger partial charge in [0.2, 0.25) is 10.0 Å². The van der Waals surface area contributed by atoms with Crippen LogP contribution in [0.15, 0.2) is 42.5 Å². The number of benzene rings is 2. The standard InChI is InChI=1S/C20H24N2O3S/c1-15-6-5-7-17(12-15)14-21-20(23)18-9-8-16(2)19(13-18)22-10-3-4-11-26(22,24)25/h5-9,12-13H,3-4,10-11,14H2,1-2H3,(H,21,23). The van der Waals surface area contributed by atoms with E-state index in [9.17, 15) is 13.2 Å². The van der Waals surface area contributed by atoms with Crippen LogP contribution in [0.2, 0.25) is 0 Å². The highest BCUT2D eigenvalue weighted by Gasteiger charge is 2.27. The summed E-state index contributed by atoms with van der Waals surface area (Å²) < 4.78 is 26.2. The maximum Gasteiger partial charge on any atom is 0.251 e. The van der Waals surface area contributed by atoms with Crippen LogP contribution >= 0.6 is 0 Å². The molecule has 2 aromatic rings. The Morgan fingerprint density at radius 1 is 1.12 bits per heavy atom. The molecule has 0 saturated carbocycles. The largest absolute Gasteiger partial charge is 0.348 e. The molecule has 3 rings (SSSR count). The number of nitrogens with one attached hydrogen (secondary N) is 1. The second-order valence-corrected chi connectivity index (χ2v) is 8.78. The molecular formula is C20H24N2O3S. The maximum absolute atomic E-state index is 12.5. The predicted octanol–water partition coefficient (Wildman–Crippen LogP) is 3.16. The number of hydrogen-bond acceptors (Lipinski definition) is 3. The van der Waals surface area contributed by atoms with E-state index in [2.05, 4.69) is 5.32 Å². The normalized spacial score (nSPS) is 16.3. The summed E-state index contributed by atoms with van der Waals surface area (Å²) in [7, 11) is -3.30. The number of nitrogens with zero attached hydrogens (tertiary/aromatic N) is 1. The highest BCUT2D eigenvalue weighted by Crippen LogP contribution is 2.28. The molecule has 138 valence electrons. The van der Waals surface area contributed by atoms with Crippen molar-refractivity contribution in [3.8, 4) is 0 Å². The van der Waals surface area contributed by atoms with Crippen LogP contribution in [0.4, 0.5) is 5.69 Å². The van der Waals surface area contributed by atoms with E-state index < -0.39 is 10.0 Å². The number of carbonyl (C=O) groups excluding carboxylic acids is 1. The van der Waals surface area contributed by atoms with E-state index in [1.807, 2.05) is 38.1 Å². The van der Waals surface area contributed by atoms with Gasteiger partial charge >= 0.3 is 0 Å². The highest BCUT2D eigenvalue weighted by molar-refractivity contribution is 7.92. The molecule has 0 unspecified atom stereocenters. The molecule has 1 fully saturated rings. The van der Waals surface area contributed by atoms with E-state index >= 15 is 0 Å². The van der Waals surface area contributed by atoms with Gasteiger partial charge in [0.1, 0.15) is 0 Å². The highest BCUT2D eigenvalue weighted by atomic mass is 32.2. The lowest BCUT2D eigenvalue weighted by Crippen LogP contribution is -2.38. The predicted molar refractivity (Wildman–Crippen MR) is 104 cm³/mol. The molecule has 0 atom stereocenters. The van der Waals surface area contributed by atoms with E-state index in [0.29, 0.717) is 30.8 Å². The smallest absolute Gasteiger partial charge is 0.251 e. The average Bonchev–Trinajstić information content (AvgIpc) is 2.60. The van der Waals surface area contributed by atoms with Gasteiger partial charge in [-0.2, -0.15) is 0 Å². The molecule has 26 heavy (non-hydrogen) atoms. The minimum Gasteiger partial charge on any atom is -0.348 e. The number of rotatable bonds is 4. The van der Waals surface area contributed by atoms with Gasteiger partial charge in [-0.05, 0) is 49.9 Å². The van der Waals surface area contributed by atoms with Gasteiger partial charge in [-0.3, -0.25) is 9.10 Å². The van der Waals surface area contributed by atoms with E-state index in [1.54, 1.807) is 18.2 Å². The average molecular weight is 372 g/mol. The summed E-state index contributed by atoms with van der Waals surface area (Å²) >= 11 is 0. The first-order chi connectivity index (χ1) is 12.4. The van der Waals surface area contributed by atoms with Gasteiger partial charge in [0, 0.05) is 18.7 Å². The zero-order chi connectivity index (χ0) is 18.7. The Labute approximate surface area is 155 Å². The monoisotopic (exact) mass is 372 g/mol. The van der Waals surface area contributed by atoms with Gasteiger partial charge in [0.25, 0.3) is 5.91 Å². The topological polar surface area (TPSA) is 66.5 Å². The third-order valence-corrected chi connectivity index (χ3v) is 6.48. The minimum absolute atomic E-state index is 0.163. The van der Waals surface area contributed by atoms with Gasteiger partial charge in [0.15, 0.2) is 0 Å². The van der Waals surface area contributed by atoms with Gasteiger partial charge in [-0.15, -0.1) is 0 Å². The van der Waals surface area contributed by atoms with E-state index in [1.165, 1.54) is 4.31 Å². The lowest BCUT2D eigenvalue weighted by atomic mass is 10.1. The Hall–Kier alpha value is -2.34. The fraction of sp³-hybridized carbons (Fsp3) is 0.350. The van der Waals surface area contributed by atoms with Crippen molar-refractivity contribution in [2.75, 3.05) is 16.6 Å². The first kappa shape index (κ1) is 18.5. The Morgan fingerprint density at radius 2 is 1.92 bits per heavy atom. The second kappa shape index (κ2) is 7.50. The summed E-state index contributed by atoms with van der Waals surface area (Å²) in [6.07, 6.45) is 1.52. The van der Waals surface area contributed by atoms with Crippen LogP contribution in [0.5, 0.6) is 0 Å². The van der Waals surface area contributed by atoms with Crippen LogP contribution in [0, 0.1) is 13.8 Å². The lowest BCUT2D eigenvalue weighted by molar-refractivity contribution is 0.0951. The maximum atomic E-state index is 12.5. The number of amides is 1. The molecule has 0 aliphatic carbocycles. The first-order valence-corrected chi connectivity index (χ1v) is 10.4. The van der Waals surface area contributed by atoms with Crippen molar-refractivity contribution in [1.82, 2.24) is 5.32 Å². The van der Waals surface area contributed by atoms with E-state index in [0.717, 1.165) is 23.1 Å². The van der Waals surface area contributed by atoms with Crippen molar-refractivity contribution in [1.29, 1.82) is 0 Å². The third kappa shape index (κ3) is 4.07. The third-order valence-electron chi connectivity index (χ3n) is 4.62. The van der Waals surface area contributed by atoms with Crippen LogP contribution in [0.25, 0.3) is 0 Å². The molecule has 0 radical (unpaired) electrons. The van der Waals surface area contributed by atoms with Crippen molar-refractivity contribution in [3.63, 3.8) is 0 Å². The SMILES string of the molecule is Cc1cccc(CNC(=O)c2ccc(C)c(N3CCCCS3(=O)=O)c2)c1. The summed E-state index contributed by atoms with van der Waals surface area (Å²) in [5.74, 6) is -0.0434. The first-order valence-electron chi connectivity index (χ1n) is 8.82. The number of sulfonamides is 1. The Kier molecular flexibility index (Phi) is 5.32. The van der Waals surface area contributed by atoms with Crippen molar-refractivity contribution >= 4 is 21.6 Å². The summed E-state index contributed by atoms with van der Waals surface area (Å²) in [4.78, 5) is 12.5. The Morgan fingerprint density at radius 3 is 2.65 bits per heavy atom. The van der Waals surface area contributed by atoms with E-state index in [-0.39, 0.29) is 11.7 Å². The zero-order valence-corrected chi connectivity index (χ0v) is 16.0. The summed E-state index contributed by atoms with van der Waals surface area (Å²) in [6, 6.07) is 13.2. The molecule has 1 saturated heterocycles. The molecule has 6 heteroatoms. The van der Waals surface area contributed by atoms with Gasteiger partial charge in [-0.25, -0.2) is 8.42 Å². The van der Waals surface area contributed by atoms with Gasteiger partial charge in [-0.1, -0.05) is 35.9 Å². The number of anilines is 1. The van der Waals surface area contributed by atoms with Crippen LogP contribution < -0.4 is 9.62 Å². The van der Waals surface area contributed by atoms with Crippen LogP contribution in [-0.4, -0.2) is 26.6 Å². The Bertz CT molecular complexity index is 922. The number of hydrogen-bond donors (Lipinski definition) is 1. The molecule has 1 amide bonds. The fourth-order valence-corrected chi connectivity index (χ4v) is 4.88.